The van der Waals surface area contributed by atoms with Crippen LogP contribution in [0.2, 0.25) is 0 Å². The molecule has 2 N–H and O–H groups in total. The highest BCUT2D eigenvalue weighted by atomic mass is 32.1. The van der Waals surface area contributed by atoms with Crippen molar-refractivity contribution in [1.82, 2.24) is 10.6 Å². The Kier molecular flexibility index (Phi) is 5.59. The van der Waals surface area contributed by atoms with Crippen LogP contribution in [0, 0.1) is 12.8 Å². The van der Waals surface area contributed by atoms with Gasteiger partial charge in [0.15, 0.2) is 0 Å². The van der Waals surface area contributed by atoms with Gasteiger partial charge in [0.1, 0.15) is 5.82 Å². The molecule has 1 unspecified atom stereocenters. The SMILES string of the molecule is C=C(N/C=C\C)NC(=S)C1CCc2sc(C)c(C(=C)C)c2C1. The van der Waals surface area contributed by atoms with Gasteiger partial charge in [-0.15, -0.1) is 11.3 Å². The van der Waals surface area contributed by atoms with Gasteiger partial charge in [0.25, 0.3) is 0 Å². The maximum absolute atomic E-state index is 5.59. The maximum Gasteiger partial charge on any atom is 0.100 e. The van der Waals surface area contributed by atoms with E-state index in [1.54, 1.807) is 0 Å². The Balaban J connectivity index is 2.10. The van der Waals surface area contributed by atoms with Crippen molar-refractivity contribution in [3.05, 3.63) is 52.1 Å². The molecule has 4 heteroatoms. The van der Waals surface area contributed by atoms with E-state index < -0.39 is 0 Å². The predicted molar refractivity (Wildman–Crippen MR) is 102 cm³/mol. The predicted octanol–water partition coefficient (Wildman–Crippen LogP) is 4.71. The van der Waals surface area contributed by atoms with Crippen molar-refractivity contribution in [2.45, 2.75) is 40.0 Å². The van der Waals surface area contributed by atoms with E-state index in [9.17, 15) is 0 Å². The minimum absolute atomic E-state index is 0.374. The van der Waals surface area contributed by atoms with Gasteiger partial charge in [-0.2, -0.15) is 0 Å². The van der Waals surface area contributed by atoms with Gasteiger partial charge in [-0.3, -0.25) is 0 Å². The molecule has 2 rings (SSSR count). The molecule has 2 nitrogen and oxygen atoms in total. The van der Waals surface area contributed by atoms with E-state index in [0.29, 0.717) is 5.92 Å². The first kappa shape index (κ1) is 17.0. The fourth-order valence-corrected chi connectivity index (χ4v) is 4.60. The van der Waals surface area contributed by atoms with Gasteiger partial charge in [-0.25, -0.2) is 0 Å². The largest absolute Gasteiger partial charge is 0.349 e. The number of hydrogen-bond acceptors (Lipinski definition) is 3. The minimum atomic E-state index is 0.374. The molecular formula is C18H24N2S2. The van der Waals surface area contributed by atoms with Crippen LogP contribution in [0.4, 0.5) is 0 Å². The number of aryl methyl sites for hydroxylation is 2. The number of allylic oxidation sites excluding steroid dienone is 2. The highest BCUT2D eigenvalue weighted by molar-refractivity contribution is 7.80. The average molecular weight is 333 g/mol. The van der Waals surface area contributed by atoms with E-state index in [2.05, 4.69) is 37.6 Å². The molecule has 0 aliphatic heterocycles. The second-order valence-electron chi connectivity index (χ2n) is 5.77. The molecule has 1 aromatic heterocycles. The fourth-order valence-electron chi connectivity index (χ4n) is 2.97. The lowest BCUT2D eigenvalue weighted by Gasteiger charge is -2.25. The van der Waals surface area contributed by atoms with Crippen LogP contribution in [0.5, 0.6) is 0 Å². The summed E-state index contributed by atoms with van der Waals surface area (Å²) < 4.78 is 0. The highest BCUT2D eigenvalue weighted by Crippen LogP contribution is 2.39. The summed E-state index contributed by atoms with van der Waals surface area (Å²) >= 11 is 7.51. The van der Waals surface area contributed by atoms with Crippen molar-refractivity contribution in [3.8, 4) is 0 Å². The maximum atomic E-state index is 5.59. The zero-order chi connectivity index (χ0) is 16.3. The number of thiophene rings is 1. The molecular weight excluding hydrogens is 308 g/mol. The van der Waals surface area contributed by atoms with Crippen LogP contribution < -0.4 is 10.6 Å². The molecule has 0 bridgehead atoms. The summed E-state index contributed by atoms with van der Waals surface area (Å²) in [5.41, 5.74) is 3.98. The van der Waals surface area contributed by atoms with Gasteiger partial charge in [0, 0.05) is 15.7 Å². The van der Waals surface area contributed by atoms with E-state index in [0.717, 1.165) is 35.6 Å². The summed E-state index contributed by atoms with van der Waals surface area (Å²) in [5, 5.41) is 6.30. The van der Waals surface area contributed by atoms with Crippen molar-refractivity contribution in [2.75, 3.05) is 0 Å². The number of thiocarbonyl (C=S) groups is 1. The van der Waals surface area contributed by atoms with E-state index >= 15 is 0 Å². The quantitative estimate of drug-likeness (QED) is 0.764. The normalized spacial score (nSPS) is 17.1. The Hall–Kier alpha value is -1.39. The molecule has 0 saturated carbocycles. The van der Waals surface area contributed by atoms with Crippen LogP contribution in [0.15, 0.2) is 31.3 Å². The summed E-state index contributed by atoms with van der Waals surface area (Å²) in [5.74, 6) is 1.11. The molecule has 1 aromatic rings. The molecule has 0 fully saturated rings. The second-order valence-corrected chi connectivity index (χ2v) is 7.52. The van der Waals surface area contributed by atoms with Gasteiger partial charge >= 0.3 is 0 Å². The standard InChI is InChI=1S/C18H24N2S2/c1-6-9-19-13(5)20-18(21)14-7-8-16-15(10-14)17(11(2)3)12(4)22-16/h6,9,14,19H,2,5,7-8,10H2,1,3-4H3,(H,20,21)/b9-6-. The number of nitrogens with one attached hydrogen (secondary N) is 2. The second kappa shape index (κ2) is 7.25. The van der Waals surface area contributed by atoms with E-state index in [4.69, 9.17) is 12.2 Å². The first-order chi connectivity index (χ1) is 10.4. The summed E-state index contributed by atoms with van der Waals surface area (Å²) in [6.07, 6.45) is 6.99. The van der Waals surface area contributed by atoms with Crippen LogP contribution >= 0.6 is 23.6 Å². The van der Waals surface area contributed by atoms with Crippen LogP contribution in [0.1, 0.15) is 41.1 Å². The first-order valence-corrected chi connectivity index (χ1v) is 8.81. The van der Waals surface area contributed by atoms with Gasteiger partial charge in [-0.05, 0) is 62.9 Å². The zero-order valence-corrected chi connectivity index (χ0v) is 15.2. The number of fused-ring (bicyclic) bond motifs is 1. The molecule has 22 heavy (non-hydrogen) atoms. The topological polar surface area (TPSA) is 24.1 Å². The summed E-state index contributed by atoms with van der Waals surface area (Å²) in [7, 11) is 0. The van der Waals surface area contributed by atoms with Crippen LogP contribution in [-0.4, -0.2) is 4.99 Å². The Bertz CT molecular complexity index is 638. The molecule has 1 aliphatic rings. The van der Waals surface area contributed by atoms with Crippen molar-refractivity contribution in [1.29, 1.82) is 0 Å². The van der Waals surface area contributed by atoms with Gasteiger partial charge in [0.2, 0.25) is 0 Å². The Morgan fingerprint density at radius 3 is 2.77 bits per heavy atom. The Labute approximate surface area is 143 Å². The van der Waals surface area contributed by atoms with Crippen molar-refractivity contribution >= 4 is 34.1 Å². The number of rotatable bonds is 5. The zero-order valence-electron chi connectivity index (χ0n) is 13.6. The average Bonchev–Trinajstić information content (AvgIpc) is 2.79. The highest BCUT2D eigenvalue weighted by Gasteiger charge is 2.27. The van der Waals surface area contributed by atoms with E-state index in [1.807, 2.05) is 30.5 Å². The van der Waals surface area contributed by atoms with Gasteiger partial charge < -0.3 is 10.6 Å². The first-order valence-electron chi connectivity index (χ1n) is 7.58. The van der Waals surface area contributed by atoms with E-state index in [1.165, 1.54) is 20.9 Å². The fraction of sp³-hybridized carbons (Fsp3) is 0.389. The summed E-state index contributed by atoms with van der Waals surface area (Å²) in [4.78, 5) is 3.78. The lowest BCUT2D eigenvalue weighted by Crippen LogP contribution is -2.34. The monoisotopic (exact) mass is 332 g/mol. The smallest absolute Gasteiger partial charge is 0.100 e. The molecule has 0 aromatic carbocycles. The molecule has 1 atom stereocenters. The van der Waals surface area contributed by atoms with Crippen LogP contribution in [0.3, 0.4) is 0 Å². The molecule has 0 radical (unpaired) electrons. The van der Waals surface area contributed by atoms with Gasteiger partial charge in [-0.1, -0.05) is 31.5 Å². The molecule has 0 saturated heterocycles. The molecule has 1 aliphatic carbocycles. The lowest BCUT2D eigenvalue weighted by atomic mass is 9.85. The van der Waals surface area contributed by atoms with Crippen molar-refractivity contribution in [3.63, 3.8) is 0 Å². The van der Waals surface area contributed by atoms with Crippen LogP contribution in [-0.2, 0) is 12.8 Å². The third kappa shape index (κ3) is 3.68. The van der Waals surface area contributed by atoms with Crippen LogP contribution in [0.25, 0.3) is 5.57 Å². The molecule has 1 heterocycles. The van der Waals surface area contributed by atoms with Gasteiger partial charge in [0.05, 0.1) is 4.99 Å². The summed E-state index contributed by atoms with van der Waals surface area (Å²) in [6.45, 7) is 14.3. The van der Waals surface area contributed by atoms with Crippen molar-refractivity contribution < 1.29 is 0 Å². The minimum Gasteiger partial charge on any atom is -0.349 e. The molecule has 118 valence electrons. The number of hydrogen-bond donors (Lipinski definition) is 2. The van der Waals surface area contributed by atoms with E-state index in [-0.39, 0.29) is 0 Å². The third-order valence-electron chi connectivity index (χ3n) is 3.93. The summed E-state index contributed by atoms with van der Waals surface area (Å²) in [6, 6.07) is 0. The lowest BCUT2D eigenvalue weighted by molar-refractivity contribution is 0.584. The Morgan fingerprint density at radius 2 is 2.14 bits per heavy atom. The Morgan fingerprint density at radius 1 is 1.41 bits per heavy atom. The van der Waals surface area contributed by atoms with Crippen molar-refractivity contribution in [2.24, 2.45) is 5.92 Å². The molecule has 0 amide bonds. The third-order valence-corrected chi connectivity index (χ3v) is 5.58. The molecule has 0 spiro atoms.